The van der Waals surface area contributed by atoms with E-state index in [1.807, 2.05) is 6.07 Å². The fraction of sp³-hybridized carbons (Fsp3) is 0.667. The number of methoxy groups -OCH3 is 1. The highest BCUT2D eigenvalue weighted by molar-refractivity contribution is 5.47. The van der Waals surface area contributed by atoms with Crippen molar-refractivity contribution in [3.63, 3.8) is 0 Å². The quantitative estimate of drug-likeness (QED) is 0.908. The van der Waals surface area contributed by atoms with Gasteiger partial charge in [0, 0.05) is 18.9 Å². The summed E-state index contributed by atoms with van der Waals surface area (Å²) in [6.07, 6.45) is 7.02. The highest BCUT2D eigenvalue weighted by Crippen LogP contribution is 2.34. The van der Waals surface area contributed by atoms with Crippen LogP contribution in [0.2, 0.25) is 0 Å². The zero-order valence-electron chi connectivity index (χ0n) is 13.5. The summed E-state index contributed by atoms with van der Waals surface area (Å²) in [5.41, 5.74) is 1.24. The molecular formula is C18H27NO3. The molecule has 122 valence electrons. The third-order valence-corrected chi connectivity index (χ3v) is 4.61. The van der Waals surface area contributed by atoms with Crippen LogP contribution in [0.5, 0.6) is 11.5 Å². The molecule has 1 atom stereocenters. The third kappa shape index (κ3) is 3.93. The van der Waals surface area contributed by atoms with Crippen molar-refractivity contribution in [3.8, 4) is 11.5 Å². The van der Waals surface area contributed by atoms with Crippen LogP contribution in [0, 0.1) is 0 Å². The molecule has 4 nitrogen and oxygen atoms in total. The topological polar surface area (TPSA) is 39.7 Å². The summed E-state index contributed by atoms with van der Waals surface area (Å²) in [6, 6.07) is 6.81. The van der Waals surface area contributed by atoms with E-state index in [2.05, 4.69) is 17.4 Å². The number of piperidine rings is 1. The van der Waals surface area contributed by atoms with E-state index in [0.717, 1.165) is 50.5 Å². The molecule has 2 aliphatic rings. The Morgan fingerprint density at radius 3 is 2.77 bits per heavy atom. The van der Waals surface area contributed by atoms with Crippen molar-refractivity contribution in [1.29, 1.82) is 0 Å². The second-order valence-electron chi connectivity index (χ2n) is 6.23. The van der Waals surface area contributed by atoms with E-state index in [1.54, 1.807) is 7.11 Å². The molecule has 0 aliphatic carbocycles. The van der Waals surface area contributed by atoms with Gasteiger partial charge in [-0.15, -0.1) is 0 Å². The van der Waals surface area contributed by atoms with Crippen LogP contribution in [0.1, 0.15) is 37.7 Å². The van der Waals surface area contributed by atoms with Crippen LogP contribution < -0.4 is 14.8 Å². The highest BCUT2D eigenvalue weighted by atomic mass is 16.5. The van der Waals surface area contributed by atoms with Gasteiger partial charge in [0.2, 0.25) is 0 Å². The van der Waals surface area contributed by atoms with Gasteiger partial charge in [-0.25, -0.2) is 0 Å². The number of ether oxygens (including phenoxy) is 3. The predicted molar refractivity (Wildman–Crippen MR) is 86.8 cm³/mol. The van der Waals surface area contributed by atoms with Gasteiger partial charge >= 0.3 is 0 Å². The third-order valence-electron chi connectivity index (χ3n) is 4.61. The maximum Gasteiger partial charge on any atom is 0.163 e. The molecule has 0 spiro atoms. The van der Waals surface area contributed by atoms with Crippen LogP contribution >= 0.6 is 0 Å². The van der Waals surface area contributed by atoms with Crippen molar-refractivity contribution >= 4 is 0 Å². The first-order chi connectivity index (χ1) is 10.9. The zero-order valence-corrected chi connectivity index (χ0v) is 13.5. The van der Waals surface area contributed by atoms with E-state index in [1.165, 1.54) is 24.8 Å². The van der Waals surface area contributed by atoms with Crippen LogP contribution in [-0.2, 0) is 11.2 Å². The van der Waals surface area contributed by atoms with Crippen LogP contribution in [-0.4, -0.2) is 39.0 Å². The summed E-state index contributed by atoms with van der Waals surface area (Å²) < 4.78 is 17.3. The molecule has 0 saturated carbocycles. The number of nitrogens with one attached hydrogen (secondary N) is 1. The lowest BCUT2D eigenvalue weighted by Crippen LogP contribution is -2.35. The van der Waals surface area contributed by atoms with E-state index in [9.17, 15) is 0 Å². The normalized spacial score (nSPS) is 23.2. The summed E-state index contributed by atoms with van der Waals surface area (Å²) in [7, 11) is 1.74. The first-order valence-electron chi connectivity index (χ1n) is 8.50. The average molecular weight is 305 g/mol. The minimum Gasteiger partial charge on any atom is -0.493 e. The van der Waals surface area contributed by atoms with Gasteiger partial charge in [0.15, 0.2) is 11.5 Å². The number of hydrogen-bond acceptors (Lipinski definition) is 4. The van der Waals surface area contributed by atoms with E-state index in [-0.39, 0.29) is 6.10 Å². The molecule has 3 rings (SSSR count). The largest absolute Gasteiger partial charge is 0.493 e. The highest BCUT2D eigenvalue weighted by Gasteiger charge is 2.20. The second kappa shape index (κ2) is 7.84. The first kappa shape index (κ1) is 15.6. The number of benzene rings is 1. The Balaban J connectivity index is 1.71. The van der Waals surface area contributed by atoms with Crippen LogP contribution in [0.3, 0.4) is 0 Å². The zero-order chi connectivity index (χ0) is 15.2. The lowest BCUT2D eigenvalue weighted by Gasteiger charge is -2.26. The molecule has 2 heterocycles. The Labute approximate surface area is 133 Å². The second-order valence-corrected chi connectivity index (χ2v) is 6.23. The molecule has 2 fully saturated rings. The van der Waals surface area contributed by atoms with Gasteiger partial charge in [-0.05, 0) is 37.4 Å². The molecule has 2 saturated heterocycles. The fourth-order valence-corrected chi connectivity index (χ4v) is 3.38. The lowest BCUT2D eigenvalue weighted by atomic mass is 9.97. The van der Waals surface area contributed by atoms with Gasteiger partial charge < -0.3 is 19.5 Å². The Morgan fingerprint density at radius 1 is 1.18 bits per heavy atom. The Morgan fingerprint density at radius 2 is 2.05 bits per heavy atom. The van der Waals surface area contributed by atoms with Crippen molar-refractivity contribution in [2.45, 2.75) is 50.7 Å². The summed E-state index contributed by atoms with van der Waals surface area (Å²) in [6.45, 7) is 2.71. The molecule has 2 aliphatic heterocycles. The van der Waals surface area contributed by atoms with Crippen molar-refractivity contribution in [2.24, 2.45) is 0 Å². The maximum absolute atomic E-state index is 6.18. The van der Waals surface area contributed by atoms with Crippen molar-refractivity contribution in [3.05, 3.63) is 23.8 Å². The predicted octanol–water partition coefficient (Wildman–Crippen LogP) is 2.94. The van der Waals surface area contributed by atoms with Gasteiger partial charge in [0.25, 0.3) is 0 Å². The smallest absolute Gasteiger partial charge is 0.163 e. The van der Waals surface area contributed by atoms with Gasteiger partial charge in [0.05, 0.1) is 20.3 Å². The molecule has 4 heteroatoms. The molecule has 1 N–H and O–H groups in total. The number of rotatable bonds is 5. The van der Waals surface area contributed by atoms with Gasteiger partial charge in [0.1, 0.15) is 6.10 Å². The fourth-order valence-electron chi connectivity index (χ4n) is 3.38. The molecular weight excluding hydrogens is 278 g/mol. The minimum absolute atomic E-state index is 0.241. The van der Waals surface area contributed by atoms with Crippen LogP contribution in [0.15, 0.2) is 18.2 Å². The monoisotopic (exact) mass is 305 g/mol. The van der Waals surface area contributed by atoms with E-state index >= 15 is 0 Å². The van der Waals surface area contributed by atoms with Crippen molar-refractivity contribution in [2.75, 3.05) is 26.9 Å². The molecule has 0 amide bonds. The van der Waals surface area contributed by atoms with Crippen LogP contribution in [0.25, 0.3) is 0 Å². The first-order valence-corrected chi connectivity index (χ1v) is 8.50. The van der Waals surface area contributed by atoms with E-state index in [0.29, 0.717) is 6.04 Å². The molecule has 1 aromatic carbocycles. The summed E-state index contributed by atoms with van der Waals surface area (Å²) in [5, 5.41) is 3.61. The lowest BCUT2D eigenvalue weighted by molar-refractivity contribution is 0.0245. The minimum atomic E-state index is 0.241. The van der Waals surface area contributed by atoms with Gasteiger partial charge in [-0.1, -0.05) is 18.6 Å². The number of para-hydroxylation sites is 1. The van der Waals surface area contributed by atoms with Crippen molar-refractivity contribution in [1.82, 2.24) is 5.32 Å². The van der Waals surface area contributed by atoms with Crippen LogP contribution in [0.4, 0.5) is 0 Å². The molecule has 1 aromatic rings. The standard InChI is InChI=1S/C18H27NO3/c1-20-18-14(13-15-6-2-3-10-19-15)5-4-7-17(18)22-16-8-11-21-12-9-16/h4-5,7,15-16,19H,2-3,6,8-13H2,1H3. The SMILES string of the molecule is COc1c(CC2CCCCN2)cccc1OC1CCOCC1. The Hall–Kier alpha value is -1.26. The Kier molecular flexibility index (Phi) is 5.57. The summed E-state index contributed by atoms with van der Waals surface area (Å²) in [4.78, 5) is 0. The molecule has 22 heavy (non-hydrogen) atoms. The van der Waals surface area contributed by atoms with E-state index < -0.39 is 0 Å². The van der Waals surface area contributed by atoms with E-state index in [4.69, 9.17) is 14.2 Å². The molecule has 0 aromatic heterocycles. The summed E-state index contributed by atoms with van der Waals surface area (Å²) >= 11 is 0. The molecule has 0 radical (unpaired) electrons. The maximum atomic E-state index is 6.18. The summed E-state index contributed by atoms with van der Waals surface area (Å²) in [5.74, 6) is 1.78. The number of hydrogen-bond donors (Lipinski definition) is 1. The van der Waals surface area contributed by atoms with Crippen molar-refractivity contribution < 1.29 is 14.2 Å². The molecule has 0 bridgehead atoms. The molecule has 1 unspecified atom stereocenters. The average Bonchev–Trinajstić information content (AvgIpc) is 2.57. The van der Waals surface area contributed by atoms with Gasteiger partial charge in [-0.2, -0.15) is 0 Å². The van der Waals surface area contributed by atoms with Gasteiger partial charge in [-0.3, -0.25) is 0 Å². The Bertz CT molecular complexity index is 427.